The average molecular weight is 414 g/mol. The highest BCUT2D eigenvalue weighted by molar-refractivity contribution is 6.28. The van der Waals surface area contributed by atoms with Crippen LogP contribution < -0.4 is 15.4 Å². The van der Waals surface area contributed by atoms with Gasteiger partial charge in [0.25, 0.3) is 0 Å². The highest BCUT2D eigenvalue weighted by Crippen LogP contribution is 2.29. The van der Waals surface area contributed by atoms with Crippen LogP contribution in [0, 0.1) is 0 Å². The van der Waals surface area contributed by atoms with E-state index in [4.69, 9.17) is 4.74 Å². The predicted molar refractivity (Wildman–Crippen MR) is 119 cm³/mol. The van der Waals surface area contributed by atoms with Gasteiger partial charge < -0.3 is 15.4 Å². The Morgan fingerprint density at radius 1 is 0.839 bits per heavy atom. The Balaban J connectivity index is 1.48. The number of hydrogen-bond acceptors (Lipinski definition) is 5. The van der Waals surface area contributed by atoms with Crippen LogP contribution in [0.25, 0.3) is 0 Å². The second-order valence-electron chi connectivity index (χ2n) is 7.28. The lowest BCUT2D eigenvalue weighted by molar-refractivity contribution is -0.116. The van der Waals surface area contributed by atoms with Crippen LogP contribution in [0.1, 0.15) is 45.7 Å². The van der Waals surface area contributed by atoms with Crippen LogP contribution in [0.5, 0.6) is 5.75 Å². The Labute approximate surface area is 180 Å². The van der Waals surface area contributed by atoms with Gasteiger partial charge in [0.2, 0.25) is 5.91 Å². The third-order valence-electron chi connectivity index (χ3n) is 5.13. The van der Waals surface area contributed by atoms with Crippen LogP contribution in [0.15, 0.2) is 66.7 Å². The van der Waals surface area contributed by atoms with Crippen molar-refractivity contribution in [2.75, 3.05) is 17.2 Å². The van der Waals surface area contributed by atoms with Crippen LogP contribution in [0.4, 0.5) is 11.4 Å². The van der Waals surface area contributed by atoms with Crippen LogP contribution in [0.2, 0.25) is 0 Å². The van der Waals surface area contributed by atoms with E-state index in [0.29, 0.717) is 34.5 Å². The molecule has 6 nitrogen and oxygen atoms in total. The van der Waals surface area contributed by atoms with Crippen molar-refractivity contribution in [3.63, 3.8) is 0 Å². The summed E-state index contributed by atoms with van der Waals surface area (Å²) in [6.45, 7) is 4.25. The zero-order chi connectivity index (χ0) is 22.0. The zero-order valence-corrected chi connectivity index (χ0v) is 17.3. The van der Waals surface area contributed by atoms with Crippen LogP contribution in [-0.2, 0) is 4.79 Å². The largest absolute Gasteiger partial charge is 0.494 e. The van der Waals surface area contributed by atoms with Gasteiger partial charge in [-0.15, -0.1) is 0 Å². The fourth-order valence-corrected chi connectivity index (χ4v) is 3.56. The fourth-order valence-electron chi connectivity index (χ4n) is 3.56. The number of fused-ring (bicyclic) bond motifs is 2. The first-order valence-electron chi connectivity index (χ1n) is 10.1. The Morgan fingerprint density at radius 3 is 2.06 bits per heavy atom. The molecular weight excluding hydrogens is 392 g/mol. The van der Waals surface area contributed by atoms with Crippen molar-refractivity contribution in [1.29, 1.82) is 0 Å². The first-order chi connectivity index (χ1) is 15.0. The van der Waals surface area contributed by atoms with Crippen molar-refractivity contribution >= 4 is 28.8 Å². The van der Waals surface area contributed by atoms with E-state index in [1.165, 1.54) is 0 Å². The molecule has 1 aliphatic carbocycles. The number of carbonyl (C=O) groups is 3. The molecule has 0 radical (unpaired) electrons. The Morgan fingerprint density at radius 2 is 1.42 bits per heavy atom. The summed E-state index contributed by atoms with van der Waals surface area (Å²) >= 11 is 0. The fraction of sp³-hybridized carbons (Fsp3) is 0.160. The van der Waals surface area contributed by atoms with E-state index in [1.54, 1.807) is 49.4 Å². The highest BCUT2D eigenvalue weighted by atomic mass is 16.5. The first kappa shape index (κ1) is 20.3. The van der Waals surface area contributed by atoms with Gasteiger partial charge >= 0.3 is 0 Å². The van der Waals surface area contributed by atoms with E-state index in [1.807, 2.05) is 31.2 Å². The Bertz CT molecular complexity index is 1170. The van der Waals surface area contributed by atoms with Gasteiger partial charge in [0.15, 0.2) is 11.6 Å². The number of ketones is 2. The standard InChI is InChI=1S/C25H22N2O4/c1-3-31-18-11-8-16(9-12-18)26-15(2)25(30)27-17-10-13-21-22(14-17)24(29)20-7-5-4-6-19(20)23(21)28/h4-15,26H,3H2,1-2H3,(H,27,30)/t15-/m0/s1. The van der Waals surface area contributed by atoms with Crippen molar-refractivity contribution in [2.45, 2.75) is 19.9 Å². The molecule has 1 atom stereocenters. The van der Waals surface area contributed by atoms with Gasteiger partial charge in [-0.2, -0.15) is 0 Å². The lowest BCUT2D eigenvalue weighted by Crippen LogP contribution is -2.32. The Kier molecular flexibility index (Phi) is 5.54. The van der Waals surface area contributed by atoms with Crippen LogP contribution in [0.3, 0.4) is 0 Å². The number of ether oxygens (including phenoxy) is 1. The molecule has 4 rings (SSSR count). The number of anilines is 2. The van der Waals surface area contributed by atoms with Crippen molar-refractivity contribution < 1.29 is 19.1 Å². The minimum atomic E-state index is -0.521. The average Bonchev–Trinajstić information content (AvgIpc) is 2.79. The molecule has 0 heterocycles. The molecule has 31 heavy (non-hydrogen) atoms. The van der Waals surface area contributed by atoms with Crippen molar-refractivity contribution in [1.82, 2.24) is 0 Å². The van der Waals surface area contributed by atoms with E-state index in [2.05, 4.69) is 10.6 Å². The van der Waals surface area contributed by atoms with E-state index < -0.39 is 6.04 Å². The summed E-state index contributed by atoms with van der Waals surface area (Å²) in [5.41, 5.74) is 2.69. The third-order valence-corrected chi connectivity index (χ3v) is 5.13. The number of carbonyl (C=O) groups excluding carboxylic acids is 3. The maximum atomic E-state index is 12.9. The van der Waals surface area contributed by atoms with Crippen molar-refractivity contribution in [3.8, 4) is 5.75 Å². The molecule has 1 amide bonds. The number of hydrogen-bond donors (Lipinski definition) is 2. The van der Waals surface area contributed by atoms with Gasteiger partial charge in [-0.25, -0.2) is 0 Å². The zero-order valence-electron chi connectivity index (χ0n) is 17.3. The quantitative estimate of drug-likeness (QED) is 0.491. The van der Waals surface area contributed by atoms with Gasteiger partial charge in [-0.3, -0.25) is 14.4 Å². The van der Waals surface area contributed by atoms with Gasteiger partial charge in [-0.1, -0.05) is 24.3 Å². The predicted octanol–water partition coefficient (Wildman–Crippen LogP) is 4.30. The molecule has 0 unspecified atom stereocenters. The molecule has 0 bridgehead atoms. The van der Waals surface area contributed by atoms with Crippen molar-refractivity contribution in [3.05, 3.63) is 89.0 Å². The summed E-state index contributed by atoms with van der Waals surface area (Å²) in [5, 5.41) is 5.95. The molecule has 1 aliphatic rings. The second-order valence-corrected chi connectivity index (χ2v) is 7.28. The normalized spacial score (nSPS) is 13.1. The highest BCUT2D eigenvalue weighted by Gasteiger charge is 2.29. The number of rotatable bonds is 6. The molecular formula is C25H22N2O4. The molecule has 0 fully saturated rings. The maximum Gasteiger partial charge on any atom is 0.246 e. The lowest BCUT2D eigenvalue weighted by Gasteiger charge is -2.19. The van der Waals surface area contributed by atoms with Crippen LogP contribution in [-0.4, -0.2) is 30.1 Å². The summed E-state index contributed by atoms with van der Waals surface area (Å²) in [6.07, 6.45) is 0. The number of nitrogens with one attached hydrogen (secondary N) is 2. The summed E-state index contributed by atoms with van der Waals surface area (Å²) in [6, 6.07) is 18.4. The topological polar surface area (TPSA) is 84.5 Å². The summed E-state index contributed by atoms with van der Waals surface area (Å²) in [4.78, 5) is 38.2. The molecule has 0 aromatic heterocycles. The SMILES string of the molecule is CCOc1ccc(N[C@@H](C)C(=O)Nc2ccc3c(c2)C(=O)c2ccccc2C3=O)cc1. The summed E-state index contributed by atoms with van der Waals surface area (Å²) < 4.78 is 5.42. The van der Waals surface area contributed by atoms with Crippen LogP contribution >= 0.6 is 0 Å². The summed E-state index contributed by atoms with van der Waals surface area (Å²) in [7, 11) is 0. The third kappa shape index (κ3) is 4.05. The van der Waals surface area contributed by atoms with E-state index >= 15 is 0 Å². The van der Waals surface area contributed by atoms with Crippen molar-refractivity contribution in [2.24, 2.45) is 0 Å². The number of benzene rings is 3. The molecule has 3 aromatic carbocycles. The van der Waals surface area contributed by atoms with E-state index in [9.17, 15) is 14.4 Å². The van der Waals surface area contributed by atoms with Gasteiger partial charge in [0.05, 0.1) is 6.61 Å². The molecule has 0 spiro atoms. The monoisotopic (exact) mass is 414 g/mol. The van der Waals surface area contributed by atoms with E-state index in [-0.39, 0.29) is 17.5 Å². The van der Waals surface area contributed by atoms with Gasteiger partial charge in [0.1, 0.15) is 11.8 Å². The van der Waals surface area contributed by atoms with Gasteiger partial charge in [-0.05, 0) is 56.3 Å². The Hall–Kier alpha value is -3.93. The lowest BCUT2D eigenvalue weighted by atomic mass is 9.84. The number of amides is 1. The second kappa shape index (κ2) is 8.44. The molecule has 0 aliphatic heterocycles. The molecule has 156 valence electrons. The molecule has 0 saturated heterocycles. The summed E-state index contributed by atoms with van der Waals surface area (Å²) in [5.74, 6) is 0.0966. The maximum absolute atomic E-state index is 12.9. The molecule has 0 saturated carbocycles. The minimum Gasteiger partial charge on any atom is -0.494 e. The molecule has 2 N–H and O–H groups in total. The van der Waals surface area contributed by atoms with E-state index in [0.717, 1.165) is 11.4 Å². The molecule has 3 aromatic rings. The smallest absolute Gasteiger partial charge is 0.246 e. The first-order valence-corrected chi connectivity index (χ1v) is 10.1. The minimum absolute atomic E-state index is 0.186. The molecule has 6 heteroatoms. The van der Waals surface area contributed by atoms with Gasteiger partial charge in [0, 0.05) is 33.6 Å².